The summed E-state index contributed by atoms with van der Waals surface area (Å²) in [7, 11) is 0. The highest BCUT2D eigenvalue weighted by Gasteiger charge is 1.99. The predicted octanol–water partition coefficient (Wildman–Crippen LogP) is 8.64. The van der Waals surface area contributed by atoms with Crippen LogP contribution in [0.3, 0.4) is 0 Å². The van der Waals surface area contributed by atoms with E-state index in [0.717, 1.165) is 22.3 Å². The van der Waals surface area contributed by atoms with Crippen LogP contribution in [-0.4, -0.2) is 0 Å². The summed E-state index contributed by atoms with van der Waals surface area (Å²) in [6.07, 6.45) is 7.90. The smallest absolute Gasteiger partial charge is 0.0479 e. The van der Waals surface area contributed by atoms with E-state index in [1.807, 2.05) is 60.7 Å². The summed E-state index contributed by atoms with van der Waals surface area (Å²) in [5.74, 6) is 0. The summed E-state index contributed by atoms with van der Waals surface area (Å²) >= 11 is 24.4. The van der Waals surface area contributed by atoms with E-state index in [9.17, 15) is 0 Å². The first kappa shape index (κ1) is 19.1. The Morgan fingerprint density at radius 1 is 0.462 bits per heavy atom. The van der Waals surface area contributed by atoms with Crippen molar-refractivity contribution in [3.05, 3.63) is 103 Å². The largest absolute Gasteiger partial charge is 0.0843 e. The quantitative estimate of drug-likeness (QED) is 0.371. The van der Waals surface area contributed by atoms with E-state index in [4.69, 9.17) is 46.4 Å². The molecule has 0 saturated carbocycles. The zero-order valence-electron chi connectivity index (χ0n) is 13.6. The van der Waals surface area contributed by atoms with Crippen LogP contribution in [0.25, 0.3) is 24.3 Å². The van der Waals surface area contributed by atoms with Gasteiger partial charge < -0.3 is 0 Å². The fourth-order valence-electron chi connectivity index (χ4n) is 2.37. The van der Waals surface area contributed by atoms with E-state index in [2.05, 4.69) is 0 Å². The summed E-state index contributed by atoms with van der Waals surface area (Å²) in [5, 5.41) is 2.66. The maximum Gasteiger partial charge on any atom is 0.0479 e. The normalized spacial score (nSPS) is 11.5. The molecule has 0 radical (unpaired) electrons. The lowest BCUT2D eigenvalue weighted by atomic mass is 10.1. The second-order valence-electron chi connectivity index (χ2n) is 5.67. The van der Waals surface area contributed by atoms with Gasteiger partial charge in [-0.2, -0.15) is 0 Å². The van der Waals surface area contributed by atoms with Gasteiger partial charge >= 0.3 is 0 Å². The van der Waals surface area contributed by atoms with Crippen LogP contribution in [0.5, 0.6) is 0 Å². The molecule has 0 N–H and O–H groups in total. The van der Waals surface area contributed by atoms with Crippen molar-refractivity contribution in [1.29, 1.82) is 0 Å². The van der Waals surface area contributed by atoms with Crippen LogP contribution < -0.4 is 0 Å². The molecule has 0 nitrogen and oxygen atoms in total. The summed E-state index contributed by atoms with van der Waals surface area (Å²) in [6.45, 7) is 0. The Labute approximate surface area is 173 Å². The van der Waals surface area contributed by atoms with Crippen molar-refractivity contribution < 1.29 is 0 Å². The van der Waals surface area contributed by atoms with Gasteiger partial charge in [-0.3, -0.25) is 0 Å². The molecule has 0 spiro atoms. The van der Waals surface area contributed by atoms with Gasteiger partial charge in [0.1, 0.15) is 0 Å². The van der Waals surface area contributed by atoms with Gasteiger partial charge in [-0.1, -0.05) is 95.0 Å². The fraction of sp³-hybridized carbons (Fsp3) is 0. The molecule has 0 aliphatic carbocycles. The molecule has 0 fully saturated rings. The van der Waals surface area contributed by atoms with E-state index in [-0.39, 0.29) is 0 Å². The van der Waals surface area contributed by atoms with E-state index >= 15 is 0 Å². The minimum atomic E-state index is 0.661. The molecule has 0 heterocycles. The van der Waals surface area contributed by atoms with Crippen LogP contribution in [0.15, 0.2) is 60.7 Å². The monoisotopic (exact) mass is 418 g/mol. The van der Waals surface area contributed by atoms with E-state index in [1.54, 1.807) is 24.3 Å². The predicted molar refractivity (Wildman–Crippen MR) is 117 cm³/mol. The molecule has 0 aliphatic heterocycles. The maximum absolute atomic E-state index is 6.17. The number of rotatable bonds is 4. The molecule has 0 saturated heterocycles. The molecule has 0 atom stereocenters. The molecule has 4 heteroatoms. The Balaban J connectivity index is 1.74. The summed E-state index contributed by atoms with van der Waals surface area (Å²) in [6, 6.07) is 18.9. The van der Waals surface area contributed by atoms with Crippen molar-refractivity contribution in [2.75, 3.05) is 0 Å². The first-order valence-corrected chi connectivity index (χ1v) is 9.39. The number of hydrogen-bond donors (Lipinski definition) is 0. The molecule has 0 amide bonds. The number of benzene rings is 3. The molecule has 0 aliphatic rings. The molecule has 26 heavy (non-hydrogen) atoms. The standard InChI is InChI=1S/C22H14Cl4/c23-19-9-11-21(25)17(13-19)7-5-15-1-2-16(4-3-15)6-8-18-14-20(24)10-12-22(18)26/h1-14H/b7-5+,8-6+. The third-order valence-corrected chi connectivity index (χ3v) is 4.92. The molecule has 0 unspecified atom stereocenters. The van der Waals surface area contributed by atoms with Gasteiger partial charge in [-0.25, -0.2) is 0 Å². The highest BCUT2D eigenvalue weighted by Crippen LogP contribution is 2.24. The van der Waals surface area contributed by atoms with Crippen molar-refractivity contribution in [3.63, 3.8) is 0 Å². The Morgan fingerprint density at radius 2 is 0.846 bits per heavy atom. The fourth-order valence-corrected chi connectivity index (χ4v) is 3.10. The third-order valence-electron chi connectivity index (χ3n) is 3.76. The highest BCUT2D eigenvalue weighted by atomic mass is 35.5. The number of halogens is 4. The van der Waals surface area contributed by atoms with Crippen molar-refractivity contribution in [2.45, 2.75) is 0 Å². The van der Waals surface area contributed by atoms with E-state index < -0.39 is 0 Å². The Kier molecular flexibility index (Phi) is 6.45. The van der Waals surface area contributed by atoms with Crippen molar-refractivity contribution in [2.24, 2.45) is 0 Å². The van der Waals surface area contributed by atoms with Gasteiger partial charge in [-0.15, -0.1) is 0 Å². The zero-order valence-corrected chi connectivity index (χ0v) is 16.6. The maximum atomic E-state index is 6.17. The molecular weight excluding hydrogens is 406 g/mol. The topological polar surface area (TPSA) is 0 Å². The van der Waals surface area contributed by atoms with Gasteiger partial charge in [0.2, 0.25) is 0 Å². The van der Waals surface area contributed by atoms with Gasteiger partial charge in [-0.05, 0) is 58.7 Å². The molecule has 3 rings (SSSR count). The second kappa shape index (κ2) is 8.79. The third kappa shape index (κ3) is 5.16. The lowest BCUT2D eigenvalue weighted by Gasteiger charge is -2.01. The molecule has 3 aromatic carbocycles. The van der Waals surface area contributed by atoms with Crippen LogP contribution in [-0.2, 0) is 0 Å². The molecule has 130 valence electrons. The van der Waals surface area contributed by atoms with Crippen molar-refractivity contribution in [3.8, 4) is 0 Å². The average Bonchev–Trinajstić information content (AvgIpc) is 2.64. The van der Waals surface area contributed by atoms with E-state index in [0.29, 0.717) is 20.1 Å². The average molecular weight is 420 g/mol. The van der Waals surface area contributed by atoms with Crippen LogP contribution >= 0.6 is 46.4 Å². The van der Waals surface area contributed by atoms with Crippen LogP contribution in [0.1, 0.15) is 22.3 Å². The lowest BCUT2D eigenvalue weighted by Crippen LogP contribution is -1.78. The lowest BCUT2D eigenvalue weighted by molar-refractivity contribution is 1.61. The minimum Gasteiger partial charge on any atom is -0.0843 e. The minimum absolute atomic E-state index is 0.661. The SMILES string of the molecule is Clc1ccc(Cl)c(/C=C/c2ccc(/C=C/c3cc(Cl)ccc3Cl)cc2)c1. The molecular formula is C22H14Cl4. The van der Waals surface area contributed by atoms with Gasteiger partial charge in [0, 0.05) is 20.1 Å². The first-order chi connectivity index (χ1) is 12.5. The van der Waals surface area contributed by atoms with Gasteiger partial charge in [0.25, 0.3) is 0 Å². The Morgan fingerprint density at radius 3 is 1.23 bits per heavy atom. The molecule has 0 bridgehead atoms. The van der Waals surface area contributed by atoms with Crippen molar-refractivity contribution >= 4 is 70.7 Å². The van der Waals surface area contributed by atoms with Crippen LogP contribution in [0.4, 0.5) is 0 Å². The highest BCUT2D eigenvalue weighted by molar-refractivity contribution is 6.34. The van der Waals surface area contributed by atoms with Gasteiger partial charge in [0.15, 0.2) is 0 Å². The summed E-state index contributed by atoms with van der Waals surface area (Å²) < 4.78 is 0. The van der Waals surface area contributed by atoms with Crippen LogP contribution in [0, 0.1) is 0 Å². The Bertz CT molecular complexity index is 889. The second-order valence-corrected chi connectivity index (χ2v) is 7.35. The van der Waals surface area contributed by atoms with Crippen molar-refractivity contribution in [1.82, 2.24) is 0 Å². The molecule has 0 aromatic heterocycles. The number of hydrogen-bond acceptors (Lipinski definition) is 0. The van der Waals surface area contributed by atoms with Crippen LogP contribution in [0.2, 0.25) is 20.1 Å². The Hall–Kier alpha value is -1.70. The zero-order chi connectivity index (χ0) is 18.5. The summed E-state index contributed by atoms with van der Waals surface area (Å²) in [4.78, 5) is 0. The van der Waals surface area contributed by atoms with Gasteiger partial charge in [0.05, 0.1) is 0 Å². The summed E-state index contributed by atoms with van der Waals surface area (Å²) in [5.41, 5.74) is 3.91. The van der Waals surface area contributed by atoms with E-state index in [1.165, 1.54) is 0 Å². The first-order valence-electron chi connectivity index (χ1n) is 7.87. The molecule has 3 aromatic rings.